The Morgan fingerprint density at radius 3 is 2.79 bits per heavy atom. The van der Waals surface area contributed by atoms with Crippen LogP contribution in [-0.4, -0.2) is 22.6 Å². The molecule has 2 heterocycles. The summed E-state index contributed by atoms with van der Waals surface area (Å²) in [5, 5.41) is 8.74. The third kappa shape index (κ3) is 3.81. The smallest absolute Gasteiger partial charge is 0.392 e. The molecule has 0 atom stereocenters. The molecule has 1 aliphatic heterocycles. The van der Waals surface area contributed by atoms with Crippen LogP contribution in [0.25, 0.3) is 10.8 Å². The summed E-state index contributed by atoms with van der Waals surface area (Å²) in [4.78, 5) is 22.2. The molecule has 148 valence electrons. The van der Waals surface area contributed by atoms with Crippen molar-refractivity contribution >= 4 is 28.5 Å². The molecule has 0 saturated heterocycles. The van der Waals surface area contributed by atoms with Crippen molar-refractivity contribution < 1.29 is 14.4 Å². The highest BCUT2D eigenvalue weighted by molar-refractivity contribution is 6.02. The summed E-state index contributed by atoms with van der Waals surface area (Å²) in [6, 6.07) is 7.53. The lowest BCUT2D eigenvalue weighted by molar-refractivity contribution is -0.0640. The van der Waals surface area contributed by atoms with Crippen molar-refractivity contribution in [1.82, 2.24) is 4.98 Å². The lowest BCUT2D eigenvalue weighted by atomic mass is 9.68. The van der Waals surface area contributed by atoms with Crippen LogP contribution in [0.3, 0.4) is 0 Å². The van der Waals surface area contributed by atoms with E-state index in [9.17, 15) is 4.79 Å². The maximum absolute atomic E-state index is 12.4. The monoisotopic (exact) mass is 381 g/mol. The van der Waals surface area contributed by atoms with Gasteiger partial charge in [0.2, 0.25) is 5.90 Å². The van der Waals surface area contributed by atoms with E-state index < -0.39 is 6.09 Å². The lowest BCUT2D eigenvalue weighted by Crippen LogP contribution is -2.38. The van der Waals surface area contributed by atoms with E-state index in [0.29, 0.717) is 29.3 Å². The van der Waals surface area contributed by atoms with Gasteiger partial charge in [0.15, 0.2) is 0 Å². The molecule has 6 nitrogen and oxygen atoms in total. The second-order valence-corrected chi connectivity index (χ2v) is 8.99. The maximum Gasteiger partial charge on any atom is 0.418 e. The number of fused-ring (bicyclic) bond motifs is 1. The first-order valence-corrected chi connectivity index (χ1v) is 9.91. The fourth-order valence-corrected chi connectivity index (χ4v) is 4.29. The molecule has 1 N–H and O–H groups in total. The summed E-state index contributed by atoms with van der Waals surface area (Å²) in [5.74, 6) is 1.05. The molecule has 2 aromatic rings. The quantitative estimate of drug-likeness (QED) is 0.709. The van der Waals surface area contributed by atoms with Crippen LogP contribution in [0.5, 0.6) is 0 Å². The van der Waals surface area contributed by atoms with Gasteiger partial charge in [0.25, 0.3) is 0 Å². The Morgan fingerprint density at radius 1 is 1.25 bits per heavy atom. The molecule has 1 aliphatic carbocycles. The number of hydrogen-bond donors (Lipinski definition) is 1. The van der Waals surface area contributed by atoms with E-state index in [0.717, 1.165) is 36.5 Å². The topological polar surface area (TPSA) is 72.8 Å². The predicted molar refractivity (Wildman–Crippen MR) is 109 cm³/mol. The van der Waals surface area contributed by atoms with Crippen molar-refractivity contribution in [2.45, 2.75) is 58.5 Å². The number of oxime groups is 1. The SMILES string of the molecule is CC(C)(C)C1CCC2(CC1)CC(OC(=O)Nc1cccc3cnccc13)=NO2. The van der Waals surface area contributed by atoms with Crippen molar-refractivity contribution in [2.24, 2.45) is 16.5 Å². The Balaban J connectivity index is 1.35. The first kappa shape index (κ1) is 18.7. The molecule has 1 aromatic carbocycles. The molecule has 28 heavy (non-hydrogen) atoms. The number of ether oxygens (including phenoxy) is 1. The van der Waals surface area contributed by atoms with Crippen molar-refractivity contribution in [3.05, 3.63) is 36.7 Å². The Hall–Kier alpha value is -2.63. The predicted octanol–water partition coefficient (Wildman–Crippen LogP) is 5.49. The van der Waals surface area contributed by atoms with Gasteiger partial charge in [-0.3, -0.25) is 10.3 Å². The van der Waals surface area contributed by atoms with Gasteiger partial charge in [-0.15, -0.1) is 0 Å². The summed E-state index contributed by atoms with van der Waals surface area (Å²) in [5.41, 5.74) is 0.696. The normalized spacial score (nSPS) is 24.7. The largest absolute Gasteiger partial charge is 0.418 e. The van der Waals surface area contributed by atoms with E-state index in [-0.39, 0.29) is 5.60 Å². The van der Waals surface area contributed by atoms with E-state index in [1.807, 2.05) is 24.3 Å². The number of amides is 1. The van der Waals surface area contributed by atoms with E-state index in [2.05, 4.69) is 36.2 Å². The molecular formula is C22H27N3O3. The van der Waals surface area contributed by atoms with Gasteiger partial charge in [-0.1, -0.05) is 38.1 Å². The molecule has 6 heteroatoms. The van der Waals surface area contributed by atoms with Gasteiger partial charge in [-0.25, -0.2) is 4.79 Å². The highest BCUT2D eigenvalue weighted by Crippen LogP contribution is 2.46. The minimum absolute atomic E-state index is 0.303. The number of hydrogen-bond acceptors (Lipinski definition) is 5. The molecule has 1 fully saturated rings. The number of anilines is 1. The summed E-state index contributed by atoms with van der Waals surface area (Å²) in [7, 11) is 0. The van der Waals surface area contributed by atoms with Gasteiger partial charge < -0.3 is 9.57 Å². The Morgan fingerprint density at radius 2 is 2.04 bits per heavy atom. The van der Waals surface area contributed by atoms with Crippen molar-refractivity contribution in [3.63, 3.8) is 0 Å². The van der Waals surface area contributed by atoms with Crippen LogP contribution in [-0.2, 0) is 9.57 Å². The molecule has 2 aliphatic rings. The maximum atomic E-state index is 12.4. The van der Waals surface area contributed by atoms with Gasteiger partial charge in [0, 0.05) is 23.2 Å². The molecule has 1 saturated carbocycles. The van der Waals surface area contributed by atoms with Crippen LogP contribution >= 0.6 is 0 Å². The average molecular weight is 381 g/mol. The molecule has 4 rings (SSSR count). The van der Waals surface area contributed by atoms with E-state index in [1.165, 1.54) is 0 Å². The summed E-state index contributed by atoms with van der Waals surface area (Å²) < 4.78 is 5.45. The number of pyridine rings is 1. The summed E-state index contributed by atoms with van der Waals surface area (Å²) >= 11 is 0. The van der Waals surface area contributed by atoms with Crippen molar-refractivity contribution in [1.29, 1.82) is 0 Å². The van der Waals surface area contributed by atoms with Crippen molar-refractivity contribution in [3.8, 4) is 0 Å². The fraction of sp³-hybridized carbons (Fsp3) is 0.500. The minimum Gasteiger partial charge on any atom is -0.392 e. The molecular weight excluding hydrogens is 354 g/mol. The Bertz CT molecular complexity index is 903. The average Bonchev–Trinajstić information content (AvgIpc) is 3.03. The van der Waals surface area contributed by atoms with Crippen LogP contribution in [0, 0.1) is 11.3 Å². The van der Waals surface area contributed by atoms with Gasteiger partial charge in [-0.2, -0.15) is 0 Å². The van der Waals surface area contributed by atoms with Gasteiger partial charge in [0.05, 0.1) is 12.1 Å². The lowest BCUT2D eigenvalue weighted by Gasteiger charge is -2.40. The molecule has 1 aromatic heterocycles. The zero-order valence-corrected chi connectivity index (χ0v) is 16.7. The second kappa shape index (κ2) is 7.08. The molecule has 0 unspecified atom stereocenters. The first-order valence-electron chi connectivity index (χ1n) is 9.91. The Labute approximate surface area is 165 Å². The number of aromatic nitrogens is 1. The molecule has 0 bridgehead atoms. The second-order valence-electron chi connectivity index (χ2n) is 8.99. The Kier molecular flexibility index (Phi) is 4.73. The third-order valence-corrected chi connectivity index (χ3v) is 6.06. The summed E-state index contributed by atoms with van der Waals surface area (Å²) in [6.45, 7) is 6.89. The zero-order valence-electron chi connectivity index (χ0n) is 16.7. The third-order valence-electron chi connectivity index (χ3n) is 6.06. The number of nitrogens with zero attached hydrogens (tertiary/aromatic N) is 2. The number of rotatable bonds is 1. The zero-order chi connectivity index (χ0) is 19.8. The van der Waals surface area contributed by atoms with Gasteiger partial charge >= 0.3 is 6.09 Å². The first-order chi connectivity index (χ1) is 13.3. The van der Waals surface area contributed by atoms with Crippen LogP contribution in [0.4, 0.5) is 10.5 Å². The number of benzene rings is 1. The van der Waals surface area contributed by atoms with Gasteiger partial charge in [-0.05, 0) is 49.1 Å². The number of carbonyl (C=O) groups is 1. The van der Waals surface area contributed by atoms with Crippen LogP contribution in [0.2, 0.25) is 0 Å². The van der Waals surface area contributed by atoms with E-state index in [1.54, 1.807) is 12.4 Å². The standard InChI is InChI=1S/C22H27N3O3/c1-21(2,3)16-7-10-22(11-8-16)13-19(25-28-22)27-20(26)24-18-6-4-5-15-14-23-12-9-17(15)18/h4-6,9,12,14,16H,7-8,10-11,13H2,1-3H3,(H,24,26). The highest BCUT2D eigenvalue weighted by Gasteiger charge is 2.45. The minimum atomic E-state index is -0.549. The fourth-order valence-electron chi connectivity index (χ4n) is 4.29. The molecule has 0 radical (unpaired) electrons. The summed E-state index contributed by atoms with van der Waals surface area (Å²) in [6.07, 6.45) is 7.59. The van der Waals surface area contributed by atoms with Crippen LogP contribution < -0.4 is 5.32 Å². The number of carbonyl (C=O) groups excluding carboxylic acids is 1. The molecule has 1 spiro atoms. The van der Waals surface area contributed by atoms with Crippen LogP contribution in [0.15, 0.2) is 41.8 Å². The van der Waals surface area contributed by atoms with Gasteiger partial charge in [0.1, 0.15) is 5.60 Å². The van der Waals surface area contributed by atoms with Crippen molar-refractivity contribution in [2.75, 3.05) is 5.32 Å². The molecule has 1 amide bonds. The highest BCUT2D eigenvalue weighted by atomic mass is 16.7. The van der Waals surface area contributed by atoms with E-state index in [4.69, 9.17) is 9.57 Å². The van der Waals surface area contributed by atoms with E-state index >= 15 is 0 Å². The number of nitrogens with one attached hydrogen (secondary N) is 1. The van der Waals surface area contributed by atoms with Crippen LogP contribution in [0.1, 0.15) is 52.9 Å².